The lowest BCUT2D eigenvalue weighted by molar-refractivity contribution is 0.0527. The third-order valence-electron chi connectivity index (χ3n) is 2.93. The number of carbonyl (C=O) groups is 1. The number of ether oxygens (including phenoxy) is 2. The molecule has 18 heavy (non-hydrogen) atoms. The summed E-state index contributed by atoms with van der Waals surface area (Å²) in [5.74, 6) is 6.25. The molecule has 2 N–H and O–H groups in total. The average molecular weight is 248 g/mol. The van der Waals surface area contributed by atoms with Gasteiger partial charge in [-0.25, -0.2) is 4.79 Å². The Morgan fingerprint density at radius 2 is 2.17 bits per heavy atom. The highest BCUT2D eigenvalue weighted by atomic mass is 16.5. The van der Waals surface area contributed by atoms with Gasteiger partial charge in [0.1, 0.15) is 11.3 Å². The molecule has 1 heterocycles. The van der Waals surface area contributed by atoms with Crippen LogP contribution in [0.5, 0.6) is 5.75 Å². The van der Waals surface area contributed by atoms with E-state index in [2.05, 4.69) is 0 Å². The van der Waals surface area contributed by atoms with Crippen LogP contribution in [0, 0.1) is 6.92 Å². The molecule has 0 aliphatic carbocycles. The number of nitrogens with two attached hydrogens (primary N) is 1. The number of nitrogens with zero attached hydrogens (tertiary/aromatic N) is 1. The Balaban J connectivity index is 2.75. The highest BCUT2D eigenvalue weighted by Crippen LogP contribution is 2.31. The highest BCUT2D eigenvalue weighted by Gasteiger charge is 2.21. The van der Waals surface area contributed by atoms with Crippen LogP contribution in [0.4, 0.5) is 0 Å². The third kappa shape index (κ3) is 1.68. The van der Waals surface area contributed by atoms with E-state index in [9.17, 15) is 4.79 Å². The normalized spacial score (nSPS) is 10.6. The SMILES string of the molecule is CCOC(=O)c1c(C)n(N)c2c(OC)cccc12. The van der Waals surface area contributed by atoms with Gasteiger partial charge in [-0.1, -0.05) is 12.1 Å². The number of methoxy groups -OCH3 is 1. The molecule has 0 saturated carbocycles. The summed E-state index contributed by atoms with van der Waals surface area (Å²) in [5, 5.41) is 0.743. The lowest BCUT2D eigenvalue weighted by Gasteiger charge is -2.04. The standard InChI is InChI=1S/C13H16N2O3/c1-4-18-13(16)11-8(2)15(14)12-9(11)6-5-7-10(12)17-3/h5-7H,4,14H2,1-3H3. The van der Waals surface area contributed by atoms with Gasteiger partial charge in [0.05, 0.1) is 25.0 Å². The van der Waals surface area contributed by atoms with E-state index in [1.807, 2.05) is 12.1 Å². The fraction of sp³-hybridized carbons (Fsp3) is 0.308. The number of aromatic nitrogens is 1. The molecular weight excluding hydrogens is 232 g/mol. The predicted octanol–water partition coefficient (Wildman–Crippen LogP) is 1.85. The molecule has 2 aromatic rings. The smallest absolute Gasteiger partial charge is 0.340 e. The zero-order chi connectivity index (χ0) is 13.3. The van der Waals surface area contributed by atoms with Gasteiger partial charge in [-0.2, -0.15) is 0 Å². The Morgan fingerprint density at radius 3 is 2.78 bits per heavy atom. The monoisotopic (exact) mass is 248 g/mol. The van der Waals surface area contributed by atoms with Crippen molar-refractivity contribution in [3.05, 3.63) is 29.5 Å². The molecule has 2 rings (SSSR count). The Hall–Kier alpha value is -2.17. The van der Waals surface area contributed by atoms with Crippen LogP contribution in [-0.4, -0.2) is 24.4 Å². The van der Waals surface area contributed by atoms with E-state index in [1.165, 1.54) is 4.68 Å². The van der Waals surface area contributed by atoms with Gasteiger partial charge < -0.3 is 15.3 Å². The maximum atomic E-state index is 12.0. The van der Waals surface area contributed by atoms with Gasteiger partial charge in [0, 0.05) is 5.39 Å². The van der Waals surface area contributed by atoms with E-state index >= 15 is 0 Å². The molecule has 0 amide bonds. The maximum absolute atomic E-state index is 12.0. The van der Waals surface area contributed by atoms with E-state index in [-0.39, 0.29) is 5.97 Å². The van der Waals surface area contributed by atoms with Crippen molar-refractivity contribution in [1.29, 1.82) is 0 Å². The van der Waals surface area contributed by atoms with E-state index in [1.54, 1.807) is 27.0 Å². The molecule has 96 valence electrons. The zero-order valence-corrected chi connectivity index (χ0v) is 10.7. The summed E-state index contributed by atoms with van der Waals surface area (Å²) < 4.78 is 11.8. The summed E-state index contributed by atoms with van der Waals surface area (Å²) in [6.07, 6.45) is 0. The molecule has 0 aliphatic heterocycles. The number of hydrogen-bond acceptors (Lipinski definition) is 4. The number of fused-ring (bicyclic) bond motifs is 1. The molecule has 0 spiro atoms. The largest absolute Gasteiger partial charge is 0.494 e. The minimum absolute atomic E-state index is 0.333. The third-order valence-corrected chi connectivity index (χ3v) is 2.93. The molecule has 0 atom stereocenters. The van der Waals surface area contributed by atoms with Gasteiger partial charge >= 0.3 is 5.97 Å². The number of nitrogen functional groups attached to an aromatic ring is 1. The molecule has 1 aromatic carbocycles. The summed E-state index contributed by atoms with van der Waals surface area (Å²) >= 11 is 0. The molecule has 0 bridgehead atoms. The molecule has 0 fully saturated rings. The Kier molecular flexibility index (Phi) is 3.14. The van der Waals surface area contributed by atoms with Crippen molar-refractivity contribution in [1.82, 2.24) is 4.68 Å². The van der Waals surface area contributed by atoms with Crippen LogP contribution in [0.2, 0.25) is 0 Å². The first kappa shape index (κ1) is 12.3. The Bertz CT molecular complexity index is 602. The van der Waals surface area contributed by atoms with Gasteiger partial charge in [-0.15, -0.1) is 0 Å². The van der Waals surface area contributed by atoms with Crippen LogP contribution >= 0.6 is 0 Å². The van der Waals surface area contributed by atoms with Gasteiger partial charge in [-0.05, 0) is 19.9 Å². The molecular formula is C13H16N2O3. The summed E-state index contributed by atoms with van der Waals surface area (Å²) in [6, 6.07) is 5.46. The van der Waals surface area contributed by atoms with Crippen molar-refractivity contribution < 1.29 is 14.3 Å². The topological polar surface area (TPSA) is 66.5 Å². The molecule has 0 unspecified atom stereocenters. The number of esters is 1. The minimum atomic E-state index is -0.363. The fourth-order valence-electron chi connectivity index (χ4n) is 2.08. The van der Waals surface area contributed by atoms with Crippen LogP contribution in [0.15, 0.2) is 18.2 Å². The van der Waals surface area contributed by atoms with Crippen molar-refractivity contribution in [2.24, 2.45) is 0 Å². The molecule has 0 radical (unpaired) electrons. The summed E-state index contributed by atoms with van der Waals surface area (Å²) in [4.78, 5) is 12.0. The van der Waals surface area contributed by atoms with Gasteiger partial charge in [-0.3, -0.25) is 4.68 Å². The second kappa shape index (κ2) is 4.60. The quantitative estimate of drug-likeness (QED) is 0.665. The number of benzene rings is 1. The minimum Gasteiger partial charge on any atom is -0.494 e. The lowest BCUT2D eigenvalue weighted by atomic mass is 10.1. The number of hydrogen-bond donors (Lipinski definition) is 1. The van der Waals surface area contributed by atoms with Crippen molar-refractivity contribution in [2.45, 2.75) is 13.8 Å². The first-order valence-corrected chi connectivity index (χ1v) is 5.72. The van der Waals surface area contributed by atoms with E-state index in [0.29, 0.717) is 29.1 Å². The summed E-state index contributed by atoms with van der Waals surface area (Å²) in [6.45, 7) is 3.89. The molecule has 5 nitrogen and oxygen atoms in total. The van der Waals surface area contributed by atoms with Gasteiger partial charge in [0.25, 0.3) is 0 Å². The Morgan fingerprint density at radius 1 is 1.44 bits per heavy atom. The lowest BCUT2D eigenvalue weighted by Crippen LogP contribution is -2.12. The average Bonchev–Trinajstić information content (AvgIpc) is 2.62. The highest BCUT2D eigenvalue weighted by molar-refractivity contribution is 6.07. The second-order valence-electron chi connectivity index (χ2n) is 3.91. The van der Waals surface area contributed by atoms with E-state index in [0.717, 1.165) is 5.39 Å². The number of carbonyl (C=O) groups excluding carboxylic acids is 1. The fourth-order valence-corrected chi connectivity index (χ4v) is 2.08. The zero-order valence-electron chi connectivity index (χ0n) is 10.7. The maximum Gasteiger partial charge on any atom is 0.340 e. The van der Waals surface area contributed by atoms with E-state index in [4.69, 9.17) is 15.3 Å². The van der Waals surface area contributed by atoms with Crippen molar-refractivity contribution in [3.63, 3.8) is 0 Å². The molecule has 0 saturated heterocycles. The molecule has 0 aliphatic rings. The first-order chi connectivity index (χ1) is 8.61. The van der Waals surface area contributed by atoms with Gasteiger partial charge in [0.15, 0.2) is 0 Å². The molecule has 1 aromatic heterocycles. The van der Waals surface area contributed by atoms with Crippen LogP contribution < -0.4 is 10.6 Å². The van der Waals surface area contributed by atoms with Crippen LogP contribution in [-0.2, 0) is 4.74 Å². The van der Waals surface area contributed by atoms with Crippen LogP contribution in [0.25, 0.3) is 10.9 Å². The first-order valence-electron chi connectivity index (χ1n) is 5.72. The van der Waals surface area contributed by atoms with E-state index < -0.39 is 0 Å². The Labute approximate surface area is 105 Å². The van der Waals surface area contributed by atoms with Crippen LogP contribution in [0.1, 0.15) is 23.0 Å². The summed E-state index contributed by atoms with van der Waals surface area (Å²) in [7, 11) is 1.57. The summed E-state index contributed by atoms with van der Waals surface area (Å²) in [5.41, 5.74) is 1.85. The van der Waals surface area contributed by atoms with Crippen molar-refractivity contribution in [3.8, 4) is 5.75 Å². The van der Waals surface area contributed by atoms with Crippen molar-refractivity contribution >= 4 is 16.9 Å². The number of rotatable bonds is 3. The van der Waals surface area contributed by atoms with Crippen molar-refractivity contribution in [2.75, 3.05) is 19.6 Å². The predicted molar refractivity (Wildman–Crippen MR) is 69.3 cm³/mol. The molecule has 5 heteroatoms. The van der Waals surface area contributed by atoms with Gasteiger partial charge in [0.2, 0.25) is 0 Å². The van der Waals surface area contributed by atoms with Crippen LogP contribution in [0.3, 0.4) is 0 Å². The second-order valence-corrected chi connectivity index (χ2v) is 3.91. The number of para-hydroxylation sites is 1.